The van der Waals surface area contributed by atoms with E-state index in [9.17, 15) is 4.79 Å². The van der Waals surface area contributed by atoms with Crippen LogP contribution in [0.1, 0.15) is 49.4 Å². The largest absolute Gasteiger partial charge is 0.486 e. The van der Waals surface area contributed by atoms with Gasteiger partial charge in [0.1, 0.15) is 17.4 Å². The fraction of sp³-hybridized carbons (Fsp3) is 0.500. The van der Waals surface area contributed by atoms with E-state index in [2.05, 4.69) is 18.8 Å². The van der Waals surface area contributed by atoms with E-state index in [4.69, 9.17) is 21.4 Å². The zero-order chi connectivity index (χ0) is 19.4. The summed E-state index contributed by atoms with van der Waals surface area (Å²) < 4.78 is 5.97. The Labute approximate surface area is 168 Å². The number of benzene rings is 1. The monoisotopic (exact) mass is 408 g/mol. The maximum Gasteiger partial charge on any atom is 0.223 e. The minimum Gasteiger partial charge on any atom is -0.486 e. The Balaban J connectivity index is 1.73. The Morgan fingerprint density at radius 3 is 2.85 bits per heavy atom. The summed E-state index contributed by atoms with van der Waals surface area (Å²) in [6, 6.07) is 5.83. The van der Waals surface area contributed by atoms with E-state index < -0.39 is 0 Å². The highest BCUT2D eigenvalue weighted by Gasteiger charge is 2.33. The SMILES string of the molecule is CC(C)CC(=O)N(Cc1cc(Cl)ccc1OCc1nc(CO)cs1)C1CC1. The van der Waals surface area contributed by atoms with Crippen molar-refractivity contribution in [3.05, 3.63) is 44.9 Å². The van der Waals surface area contributed by atoms with E-state index in [1.165, 1.54) is 11.3 Å². The highest BCUT2D eigenvalue weighted by molar-refractivity contribution is 7.09. The standard InChI is InChI=1S/C20H25ClN2O3S/c1-13(2)7-20(25)23(17-4-5-17)9-14-8-15(21)3-6-18(14)26-11-19-22-16(10-24)12-27-19/h3,6,8,12-13,17,24H,4-5,7,9-11H2,1-2H3. The lowest BCUT2D eigenvalue weighted by atomic mass is 10.1. The molecule has 0 unspecified atom stereocenters. The quantitative estimate of drug-likeness (QED) is 0.667. The van der Waals surface area contributed by atoms with E-state index in [1.54, 1.807) is 6.07 Å². The van der Waals surface area contributed by atoms with Gasteiger partial charge in [0, 0.05) is 35.0 Å². The lowest BCUT2D eigenvalue weighted by Gasteiger charge is -2.25. The molecule has 1 amide bonds. The lowest BCUT2D eigenvalue weighted by Crippen LogP contribution is -2.33. The van der Waals surface area contributed by atoms with Crippen LogP contribution in [0.3, 0.4) is 0 Å². The van der Waals surface area contributed by atoms with Crippen molar-refractivity contribution in [2.24, 2.45) is 5.92 Å². The van der Waals surface area contributed by atoms with E-state index in [1.807, 2.05) is 22.4 Å². The molecule has 1 fully saturated rings. The molecule has 5 nitrogen and oxygen atoms in total. The molecule has 1 aliphatic carbocycles. The van der Waals surface area contributed by atoms with Crippen molar-refractivity contribution in [1.29, 1.82) is 0 Å². The van der Waals surface area contributed by atoms with Crippen molar-refractivity contribution in [3.8, 4) is 5.75 Å². The average Bonchev–Trinajstić information content (AvgIpc) is 3.35. The molecule has 1 aromatic heterocycles. The second kappa shape index (κ2) is 9.04. The van der Waals surface area contributed by atoms with Crippen molar-refractivity contribution < 1.29 is 14.6 Å². The fourth-order valence-electron chi connectivity index (χ4n) is 2.90. The summed E-state index contributed by atoms with van der Waals surface area (Å²) in [5.74, 6) is 1.23. The number of amides is 1. The molecule has 1 N–H and O–H groups in total. The van der Waals surface area contributed by atoms with Gasteiger partial charge < -0.3 is 14.7 Å². The van der Waals surface area contributed by atoms with Gasteiger partial charge in [0.2, 0.25) is 5.91 Å². The maximum absolute atomic E-state index is 12.7. The lowest BCUT2D eigenvalue weighted by molar-refractivity contribution is -0.133. The van der Waals surface area contributed by atoms with Crippen LogP contribution >= 0.6 is 22.9 Å². The second-order valence-electron chi connectivity index (χ2n) is 7.28. The summed E-state index contributed by atoms with van der Waals surface area (Å²) in [5.41, 5.74) is 1.56. The van der Waals surface area contributed by atoms with Crippen molar-refractivity contribution in [2.75, 3.05) is 0 Å². The molecule has 0 spiro atoms. The van der Waals surface area contributed by atoms with Crippen LogP contribution in [0.2, 0.25) is 5.02 Å². The number of carbonyl (C=O) groups is 1. The van der Waals surface area contributed by atoms with Crippen molar-refractivity contribution >= 4 is 28.8 Å². The number of rotatable bonds is 9. The molecule has 146 valence electrons. The first-order valence-electron chi connectivity index (χ1n) is 9.21. The van der Waals surface area contributed by atoms with Crippen LogP contribution in [-0.2, 0) is 24.6 Å². The molecular formula is C20H25ClN2O3S. The van der Waals surface area contributed by atoms with Crippen LogP contribution in [0.4, 0.5) is 0 Å². The molecule has 0 saturated heterocycles. The molecule has 2 aromatic rings. The fourth-order valence-corrected chi connectivity index (χ4v) is 3.79. The number of aliphatic hydroxyl groups is 1. The van der Waals surface area contributed by atoms with Gasteiger partial charge in [-0.3, -0.25) is 4.79 Å². The van der Waals surface area contributed by atoms with Crippen LogP contribution in [0.25, 0.3) is 0 Å². The van der Waals surface area contributed by atoms with Crippen LogP contribution in [0, 0.1) is 5.92 Å². The first kappa shape index (κ1) is 20.1. The number of hydrogen-bond donors (Lipinski definition) is 1. The Hall–Kier alpha value is -1.63. The van der Waals surface area contributed by atoms with Gasteiger partial charge in [-0.15, -0.1) is 11.3 Å². The van der Waals surface area contributed by atoms with E-state index >= 15 is 0 Å². The van der Waals surface area contributed by atoms with Crippen LogP contribution < -0.4 is 4.74 Å². The summed E-state index contributed by atoms with van der Waals surface area (Å²) >= 11 is 7.66. The number of carbonyl (C=O) groups excluding carboxylic acids is 1. The molecule has 1 heterocycles. The minimum absolute atomic E-state index is 0.0724. The zero-order valence-electron chi connectivity index (χ0n) is 15.7. The van der Waals surface area contributed by atoms with Crippen LogP contribution in [0.15, 0.2) is 23.6 Å². The molecule has 0 aliphatic heterocycles. The Morgan fingerprint density at radius 2 is 2.22 bits per heavy atom. The number of ether oxygens (including phenoxy) is 1. The predicted octanol–water partition coefficient (Wildman–Crippen LogP) is 4.40. The van der Waals surface area contributed by atoms with Gasteiger partial charge in [0.25, 0.3) is 0 Å². The molecule has 7 heteroatoms. The Morgan fingerprint density at radius 1 is 1.44 bits per heavy atom. The summed E-state index contributed by atoms with van der Waals surface area (Å²) in [4.78, 5) is 18.9. The van der Waals surface area contributed by atoms with Crippen molar-refractivity contribution in [3.63, 3.8) is 0 Å². The minimum atomic E-state index is -0.0724. The average molecular weight is 409 g/mol. The molecule has 0 atom stereocenters. The predicted molar refractivity (Wildman–Crippen MR) is 107 cm³/mol. The third-order valence-corrected chi connectivity index (χ3v) is 5.47. The molecule has 1 aromatic carbocycles. The van der Waals surface area contributed by atoms with Gasteiger partial charge in [0.15, 0.2) is 0 Å². The van der Waals surface area contributed by atoms with Gasteiger partial charge in [-0.05, 0) is 37.0 Å². The molecular weight excluding hydrogens is 384 g/mol. The van der Waals surface area contributed by atoms with Gasteiger partial charge in [-0.25, -0.2) is 4.98 Å². The number of aromatic nitrogens is 1. The normalized spacial score (nSPS) is 13.8. The van der Waals surface area contributed by atoms with E-state index in [-0.39, 0.29) is 12.5 Å². The molecule has 27 heavy (non-hydrogen) atoms. The molecule has 0 radical (unpaired) electrons. The third-order valence-electron chi connectivity index (χ3n) is 4.37. The van der Waals surface area contributed by atoms with E-state index in [0.29, 0.717) is 48.0 Å². The Bertz CT molecular complexity index is 789. The smallest absolute Gasteiger partial charge is 0.223 e. The molecule has 0 bridgehead atoms. The zero-order valence-corrected chi connectivity index (χ0v) is 17.2. The number of hydrogen-bond acceptors (Lipinski definition) is 5. The highest BCUT2D eigenvalue weighted by Crippen LogP contribution is 2.33. The summed E-state index contributed by atoms with van der Waals surface area (Å²) in [5, 5.41) is 12.4. The molecule has 1 aliphatic rings. The van der Waals surface area contributed by atoms with E-state index in [0.717, 1.165) is 23.4 Å². The first-order valence-corrected chi connectivity index (χ1v) is 10.5. The summed E-state index contributed by atoms with van der Waals surface area (Å²) in [7, 11) is 0. The number of aliphatic hydroxyl groups excluding tert-OH is 1. The van der Waals surface area contributed by atoms with Crippen molar-refractivity contribution in [1.82, 2.24) is 9.88 Å². The third kappa shape index (κ3) is 5.67. The van der Waals surface area contributed by atoms with Gasteiger partial charge >= 0.3 is 0 Å². The summed E-state index contributed by atoms with van der Waals surface area (Å²) in [6.07, 6.45) is 2.67. The van der Waals surface area contributed by atoms with Crippen LogP contribution in [-0.4, -0.2) is 26.9 Å². The van der Waals surface area contributed by atoms with Crippen molar-refractivity contribution in [2.45, 2.75) is 58.9 Å². The van der Waals surface area contributed by atoms with Crippen LogP contribution in [0.5, 0.6) is 5.75 Å². The first-order chi connectivity index (χ1) is 13.0. The van der Waals surface area contributed by atoms with Gasteiger partial charge in [0.05, 0.1) is 12.3 Å². The van der Waals surface area contributed by atoms with Gasteiger partial charge in [-0.1, -0.05) is 25.4 Å². The summed E-state index contributed by atoms with van der Waals surface area (Å²) in [6.45, 7) is 4.88. The van der Waals surface area contributed by atoms with Gasteiger partial charge in [-0.2, -0.15) is 0 Å². The number of halogens is 1. The topological polar surface area (TPSA) is 62.7 Å². The second-order valence-corrected chi connectivity index (χ2v) is 8.66. The number of nitrogens with zero attached hydrogens (tertiary/aromatic N) is 2. The maximum atomic E-state index is 12.7. The molecule has 3 rings (SSSR count). The highest BCUT2D eigenvalue weighted by atomic mass is 35.5. The Kier molecular flexibility index (Phi) is 6.73. The number of thiazole rings is 1. The molecule has 1 saturated carbocycles.